The number of nitrogens with zero attached hydrogens (tertiary/aromatic N) is 2. The van der Waals surface area contributed by atoms with Crippen molar-refractivity contribution in [3.05, 3.63) is 82.7 Å². The lowest BCUT2D eigenvalue weighted by molar-refractivity contribution is 0.824. The summed E-state index contributed by atoms with van der Waals surface area (Å²) in [5.41, 5.74) is 13.4. The van der Waals surface area contributed by atoms with E-state index in [-0.39, 0.29) is 0 Å². The fourth-order valence-electron chi connectivity index (χ4n) is 4.97. The van der Waals surface area contributed by atoms with Gasteiger partial charge in [-0.15, -0.1) is 6.42 Å². The van der Waals surface area contributed by atoms with E-state index < -0.39 is 9.12 Å². The molecule has 0 fully saturated rings. The van der Waals surface area contributed by atoms with Crippen molar-refractivity contribution in [2.75, 3.05) is 9.13 Å². The smallest absolute Gasteiger partial charge is 0.343 e. The van der Waals surface area contributed by atoms with Gasteiger partial charge in [0.05, 0.1) is 0 Å². The zero-order chi connectivity index (χ0) is 25.3. The first-order valence-corrected chi connectivity index (χ1v) is 14.0. The number of para-hydroxylation sites is 2. The summed E-state index contributed by atoms with van der Waals surface area (Å²) in [5, 5.41) is 0. The minimum absolute atomic E-state index is 0.386. The lowest BCUT2D eigenvalue weighted by Gasteiger charge is -2.45. The molecule has 0 saturated heterocycles. The highest BCUT2D eigenvalue weighted by Gasteiger charge is 2.39. The van der Waals surface area contributed by atoms with E-state index in [4.69, 9.17) is 6.42 Å². The van der Waals surface area contributed by atoms with Crippen molar-refractivity contribution in [2.24, 2.45) is 0 Å². The molecule has 0 amide bonds. The molecule has 1 heterocycles. The third-order valence-electron chi connectivity index (χ3n) is 6.70. The number of terminal acetylenes is 1. The zero-order valence-electron chi connectivity index (χ0n) is 22.5. The number of allylic oxidation sites excluding steroid dienone is 2. The fraction of sp³-hybridized carbons (Fsp3) is 0.419. The van der Waals surface area contributed by atoms with Gasteiger partial charge < -0.3 is 9.13 Å². The predicted molar refractivity (Wildman–Crippen MR) is 152 cm³/mol. The van der Waals surface area contributed by atoms with E-state index in [0.29, 0.717) is 23.7 Å². The van der Waals surface area contributed by atoms with Gasteiger partial charge in [-0.3, -0.25) is 0 Å². The van der Waals surface area contributed by atoms with E-state index in [9.17, 15) is 0 Å². The maximum atomic E-state index is 6.43. The molecule has 0 atom stereocenters. The maximum Gasteiger partial charge on any atom is 0.402 e. The van der Waals surface area contributed by atoms with Crippen LogP contribution in [0.3, 0.4) is 0 Å². The summed E-state index contributed by atoms with van der Waals surface area (Å²) in [6.45, 7) is 24.9. The van der Waals surface area contributed by atoms with Gasteiger partial charge in [0.25, 0.3) is 0 Å². The van der Waals surface area contributed by atoms with Crippen LogP contribution in [0.4, 0.5) is 11.4 Å². The molecule has 3 rings (SSSR count). The van der Waals surface area contributed by atoms with Crippen molar-refractivity contribution in [1.82, 2.24) is 0 Å². The molecule has 0 spiro atoms. The fourth-order valence-corrected chi connectivity index (χ4v) is 7.11. The maximum absolute atomic E-state index is 6.43. The molecule has 34 heavy (non-hydrogen) atoms. The number of anilines is 2. The van der Waals surface area contributed by atoms with Crippen molar-refractivity contribution in [3.63, 3.8) is 0 Å². The van der Waals surface area contributed by atoms with E-state index in [1.54, 1.807) is 0 Å². The Kier molecular flexibility index (Phi) is 7.83. The molecule has 1 aliphatic rings. The Morgan fingerprint density at radius 3 is 1.38 bits per heavy atom. The molecule has 1 aliphatic heterocycles. The lowest BCUT2D eigenvalue weighted by Crippen LogP contribution is -2.55. The van der Waals surface area contributed by atoms with Gasteiger partial charge in [-0.2, -0.15) is 0 Å². The van der Waals surface area contributed by atoms with E-state index in [1.165, 1.54) is 39.3 Å². The second-order valence-corrected chi connectivity index (χ2v) is 12.4. The molecule has 0 aliphatic carbocycles. The molecule has 1 radical (unpaired) electrons. The Labute approximate surface area is 210 Å². The second-order valence-electron chi connectivity index (χ2n) is 10.6. The second kappa shape index (κ2) is 10.3. The molecule has 0 bridgehead atoms. The molecule has 2 nitrogen and oxygen atoms in total. The summed E-state index contributed by atoms with van der Waals surface area (Å²) >= 11 is 0. The molecule has 0 unspecified atom stereocenters. The zero-order valence-corrected chi connectivity index (χ0v) is 23.5. The van der Waals surface area contributed by atoms with E-state index in [0.717, 1.165) is 5.70 Å². The van der Waals surface area contributed by atoms with Gasteiger partial charge >= 0.3 is 9.12 Å². The molecular formula is C31H41N2Si. The molecule has 179 valence electrons. The van der Waals surface area contributed by atoms with Crippen molar-refractivity contribution >= 4 is 20.5 Å². The summed E-state index contributed by atoms with van der Waals surface area (Å²) in [7, 11) is -1.66. The predicted octanol–water partition coefficient (Wildman–Crippen LogP) is 8.58. The molecule has 3 heteroatoms. The Balaban J connectivity index is 2.36. The summed E-state index contributed by atoms with van der Waals surface area (Å²) < 4.78 is 4.88. The number of hydrogen-bond acceptors (Lipinski definition) is 2. The topological polar surface area (TPSA) is 6.48 Å². The van der Waals surface area contributed by atoms with Crippen LogP contribution in [0, 0.1) is 12.0 Å². The molecule has 0 N–H and O–H groups in total. The highest BCUT2D eigenvalue weighted by atomic mass is 28.3. The Bertz CT molecular complexity index is 1080. The van der Waals surface area contributed by atoms with E-state index in [2.05, 4.69) is 126 Å². The molecule has 0 aromatic heterocycles. The minimum Gasteiger partial charge on any atom is -0.343 e. The molecule has 2 aromatic carbocycles. The van der Waals surface area contributed by atoms with Crippen molar-refractivity contribution in [2.45, 2.75) is 86.0 Å². The van der Waals surface area contributed by atoms with E-state index >= 15 is 0 Å². The van der Waals surface area contributed by atoms with Gasteiger partial charge in [-0.1, -0.05) is 104 Å². The van der Waals surface area contributed by atoms with Crippen LogP contribution in [0.1, 0.15) is 108 Å². The normalized spacial score (nSPS) is 15.1. The van der Waals surface area contributed by atoms with Crippen LogP contribution in [0.25, 0.3) is 0 Å². The monoisotopic (exact) mass is 469 g/mol. The number of rotatable bonds is 6. The van der Waals surface area contributed by atoms with Crippen LogP contribution in [-0.2, 0) is 0 Å². The molecular weight excluding hydrogens is 428 g/mol. The van der Waals surface area contributed by atoms with Crippen LogP contribution >= 0.6 is 0 Å². The van der Waals surface area contributed by atoms with Gasteiger partial charge in [-0.05, 0) is 58.9 Å². The van der Waals surface area contributed by atoms with Crippen LogP contribution < -0.4 is 9.13 Å². The summed E-state index contributed by atoms with van der Waals surface area (Å²) in [6.07, 6.45) is 8.65. The third-order valence-corrected chi connectivity index (χ3v) is 8.89. The van der Waals surface area contributed by atoms with Crippen LogP contribution in [0.2, 0.25) is 0 Å². The van der Waals surface area contributed by atoms with Gasteiger partial charge in [-0.25, -0.2) is 0 Å². The summed E-state index contributed by atoms with van der Waals surface area (Å²) in [5.74, 6) is 1.57. The Morgan fingerprint density at radius 1 is 0.706 bits per heavy atom. The van der Waals surface area contributed by atoms with Gasteiger partial charge in [0.1, 0.15) is 0 Å². The summed E-state index contributed by atoms with van der Waals surface area (Å²) in [4.78, 5) is 0. The van der Waals surface area contributed by atoms with Crippen LogP contribution in [0.5, 0.6) is 0 Å². The average molecular weight is 470 g/mol. The standard InChI is InChI=1S/C31H41N2Si/c1-12-34-32(30-26(20(2)3)15-13-16-27(30)21(4)5)24(10)19-25(11)33(34)31-28(22(6)7)17-14-18-29(31)23(8)9/h1,13-23H,10H2,2-9,11H3. The van der Waals surface area contributed by atoms with Crippen LogP contribution in [-0.4, -0.2) is 9.12 Å². The minimum atomic E-state index is -1.66. The summed E-state index contributed by atoms with van der Waals surface area (Å²) in [6, 6.07) is 13.4. The number of benzene rings is 2. The highest BCUT2D eigenvalue weighted by molar-refractivity contribution is 6.76. The van der Waals surface area contributed by atoms with Crippen molar-refractivity contribution in [3.8, 4) is 12.0 Å². The Hall–Kier alpha value is -2.70. The number of hydrogen-bond donors (Lipinski definition) is 0. The Morgan fingerprint density at radius 2 is 1.06 bits per heavy atom. The third kappa shape index (κ3) is 4.61. The lowest BCUT2D eigenvalue weighted by atomic mass is 9.92. The highest BCUT2D eigenvalue weighted by Crippen LogP contribution is 2.44. The SMILES string of the molecule is C#C[Si]1N(c2c(C(C)C)cccc2C(C)C)C(=C)C=C(C)N1c1c(C(C)C)cccc1C(C)C. The van der Waals surface area contributed by atoms with Gasteiger partial charge in [0, 0.05) is 22.8 Å². The first-order valence-electron chi connectivity index (χ1n) is 12.6. The van der Waals surface area contributed by atoms with E-state index in [1.807, 2.05) is 0 Å². The quantitative estimate of drug-likeness (QED) is 0.309. The van der Waals surface area contributed by atoms with Crippen LogP contribution in [0.15, 0.2) is 60.4 Å². The first kappa shape index (κ1) is 25.9. The van der Waals surface area contributed by atoms with Gasteiger partial charge in [0.2, 0.25) is 0 Å². The van der Waals surface area contributed by atoms with Crippen molar-refractivity contribution < 1.29 is 0 Å². The first-order chi connectivity index (χ1) is 16.0. The van der Waals surface area contributed by atoms with Crippen molar-refractivity contribution in [1.29, 1.82) is 0 Å². The molecule has 2 aromatic rings. The average Bonchev–Trinajstić information content (AvgIpc) is 2.77. The molecule has 0 saturated carbocycles. The van der Waals surface area contributed by atoms with Gasteiger partial charge in [0.15, 0.2) is 0 Å². The largest absolute Gasteiger partial charge is 0.402 e.